The number of halogens is 2. The van der Waals surface area contributed by atoms with Crippen LogP contribution in [-0.2, 0) is 0 Å². The number of para-hydroxylation sites is 1. The van der Waals surface area contributed by atoms with Crippen molar-refractivity contribution in [3.8, 4) is 0 Å². The predicted molar refractivity (Wildman–Crippen MR) is 74.1 cm³/mol. The molecule has 0 fully saturated rings. The first-order chi connectivity index (χ1) is 9.24. The fourth-order valence-corrected chi connectivity index (χ4v) is 1.97. The zero-order chi connectivity index (χ0) is 13.7. The van der Waals surface area contributed by atoms with Gasteiger partial charge in [-0.05, 0) is 25.1 Å². The van der Waals surface area contributed by atoms with Gasteiger partial charge in [-0.25, -0.2) is 14.4 Å². The predicted octanol–water partition coefficient (Wildman–Crippen LogP) is 2.76. The molecule has 2 aromatic rings. The van der Waals surface area contributed by atoms with E-state index >= 15 is 0 Å². The molecular weight excluding hydrogens is 267 g/mol. The molecule has 0 amide bonds. The second-order valence-electron chi connectivity index (χ2n) is 3.94. The first-order valence-corrected chi connectivity index (χ1v) is 6.29. The Morgan fingerprint density at radius 2 is 2.11 bits per heavy atom. The van der Waals surface area contributed by atoms with Gasteiger partial charge in [0.15, 0.2) is 5.82 Å². The van der Waals surface area contributed by atoms with Gasteiger partial charge < -0.3 is 10.6 Å². The largest absolute Gasteiger partial charge is 0.330 e. The number of hydrogen-bond donors (Lipinski definition) is 1. The standard InChI is InChI=1S/C13H14ClFN4/c14-10-8-17-9-18-13(10)19(7-3-6-16)12-5-2-1-4-11(12)15/h1-2,4-5,8-9H,3,6-7,16H2. The molecule has 0 bridgehead atoms. The third kappa shape index (κ3) is 3.19. The van der Waals surface area contributed by atoms with Crippen LogP contribution in [0.1, 0.15) is 6.42 Å². The minimum Gasteiger partial charge on any atom is -0.330 e. The molecule has 0 spiro atoms. The highest BCUT2D eigenvalue weighted by molar-refractivity contribution is 6.32. The molecule has 0 radical (unpaired) electrons. The van der Waals surface area contributed by atoms with Gasteiger partial charge in [0.25, 0.3) is 0 Å². The summed E-state index contributed by atoms with van der Waals surface area (Å²) in [6.07, 6.45) is 3.58. The molecule has 1 aromatic heterocycles. The van der Waals surface area contributed by atoms with Crippen molar-refractivity contribution in [2.45, 2.75) is 6.42 Å². The molecule has 0 saturated carbocycles. The van der Waals surface area contributed by atoms with E-state index in [9.17, 15) is 4.39 Å². The van der Waals surface area contributed by atoms with Crippen LogP contribution < -0.4 is 10.6 Å². The molecule has 0 atom stereocenters. The van der Waals surface area contributed by atoms with Crippen LogP contribution in [0.25, 0.3) is 0 Å². The Balaban J connectivity index is 2.42. The maximum absolute atomic E-state index is 13.9. The summed E-state index contributed by atoms with van der Waals surface area (Å²) in [5, 5.41) is 0.378. The third-order valence-corrected chi connectivity index (χ3v) is 2.90. The van der Waals surface area contributed by atoms with Crippen molar-refractivity contribution in [1.82, 2.24) is 9.97 Å². The Kier molecular flexibility index (Phi) is 4.65. The van der Waals surface area contributed by atoms with Gasteiger partial charge in [-0.1, -0.05) is 23.7 Å². The highest BCUT2D eigenvalue weighted by Crippen LogP contribution is 2.30. The highest BCUT2D eigenvalue weighted by Gasteiger charge is 2.16. The van der Waals surface area contributed by atoms with E-state index < -0.39 is 0 Å². The summed E-state index contributed by atoms with van der Waals surface area (Å²) >= 11 is 6.08. The molecule has 100 valence electrons. The molecule has 2 N–H and O–H groups in total. The number of rotatable bonds is 5. The lowest BCUT2D eigenvalue weighted by Crippen LogP contribution is -2.23. The van der Waals surface area contributed by atoms with Crippen LogP contribution in [0, 0.1) is 5.82 Å². The third-order valence-electron chi connectivity index (χ3n) is 2.63. The molecule has 0 aliphatic heterocycles. The molecule has 1 aromatic carbocycles. The topological polar surface area (TPSA) is 55.0 Å². The van der Waals surface area contributed by atoms with Crippen LogP contribution in [0.2, 0.25) is 5.02 Å². The first-order valence-electron chi connectivity index (χ1n) is 5.91. The SMILES string of the molecule is NCCCN(c1ccccc1F)c1ncncc1Cl. The number of aromatic nitrogens is 2. The fraction of sp³-hybridized carbons (Fsp3) is 0.231. The average molecular weight is 281 g/mol. The van der Waals surface area contributed by atoms with Crippen LogP contribution in [-0.4, -0.2) is 23.1 Å². The molecule has 6 heteroatoms. The summed E-state index contributed by atoms with van der Waals surface area (Å²) in [4.78, 5) is 9.67. The molecule has 2 rings (SSSR count). The van der Waals surface area contributed by atoms with Crippen LogP contribution in [0.15, 0.2) is 36.8 Å². The summed E-state index contributed by atoms with van der Waals surface area (Å²) < 4.78 is 13.9. The van der Waals surface area contributed by atoms with E-state index in [1.807, 2.05) is 0 Å². The lowest BCUT2D eigenvalue weighted by atomic mass is 10.2. The second kappa shape index (κ2) is 6.45. The van der Waals surface area contributed by atoms with Crippen LogP contribution in [0.5, 0.6) is 0 Å². The van der Waals surface area contributed by atoms with Gasteiger partial charge in [-0.3, -0.25) is 0 Å². The molecule has 0 unspecified atom stereocenters. The van der Waals surface area contributed by atoms with E-state index in [2.05, 4.69) is 9.97 Å². The number of benzene rings is 1. The lowest BCUT2D eigenvalue weighted by Gasteiger charge is -2.24. The molecule has 1 heterocycles. The number of hydrogen-bond acceptors (Lipinski definition) is 4. The van der Waals surface area contributed by atoms with Gasteiger partial charge in [-0.15, -0.1) is 0 Å². The zero-order valence-electron chi connectivity index (χ0n) is 10.3. The summed E-state index contributed by atoms with van der Waals surface area (Å²) in [7, 11) is 0. The lowest BCUT2D eigenvalue weighted by molar-refractivity contribution is 0.622. The van der Waals surface area contributed by atoms with Crippen molar-refractivity contribution in [3.05, 3.63) is 47.6 Å². The normalized spacial score (nSPS) is 10.5. The van der Waals surface area contributed by atoms with E-state index in [1.165, 1.54) is 18.6 Å². The Bertz CT molecular complexity index is 504. The van der Waals surface area contributed by atoms with Gasteiger partial charge in [-0.2, -0.15) is 0 Å². The van der Waals surface area contributed by atoms with E-state index in [-0.39, 0.29) is 5.82 Å². The van der Waals surface area contributed by atoms with Gasteiger partial charge in [0.05, 0.1) is 11.9 Å². The summed E-state index contributed by atoms with van der Waals surface area (Å²) in [5.74, 6) is 0.157. The molecule has 19 heavy (non-hydrogen) atoms. The van der Waals surface area contributed by atoms with E-state index in [0.717, 1.165) is 0 Å². The van der Waals surface area contributed by atoms with Crippen LogP contribution in [0.4, 0.5) is 15.9 Å². The maximum atomic E-state index is 13.9. The van der Waals surface area contributed by atoms with E-state index in [0.29, 0.717) is 36.0 Å². The Hall–Kier alpha value is -1.72. The van der Waals surface area contributed by atoms with Crippen LogP contribution in [0.3, 0.4) is 0 Å². The number of nitrogens with two attached hydrogens (primary N) is 1. The van der Waals surface area contributed by atoms with E-state index in [1.54, 1.807) is 23.1 Å². The number of anilines is 2. The molecular formula is C13H14ClFN4. The summed E-state index contributed by atoms with van der Waals surface area (Å²) in [6, 6.07) is 6.49. The monoisotopic (exact) mass is 280 g/mol. The van der Waals surface area contributed by atoms with Crippen molar-refractivity contribution in [2.75, 3.05) is 18.0 Å². The molecule has 0 saturated heterocycles. The van der Waals surface area contributed by atoms with Crippen LogP contribution >= 0.6 is 11.6 Å². The van der Waals surface area contributed by atoms with Gasteiger partial charge >= 0.3 is 0 Å². The average Bonchev–Trinajstić information content (AvgIpc) is 2.42. The van der Waals surface area contributed by atoms with Gasteiger partial charge in [0.2, 0.25) is 0 Å². The summed E-state index contributed by atoms with van der Waals surface area (Å²) in [5.41, 5.74) is 5.95. The second-order valence-corrected chi connectivity index (χ2v) is 4.35. The number of nitrogens with zero attached hydrogens (tertiary/aromatic N) is 3. The Morgan fingerprint density at radius 3 is 2.79 bits per heavy atom. The highest BCUT2D eigenvalue weighted by atomic mass is 35.5. The van der Waals surface area contributed by atoms with Crippen molar-refractivity contribution in [2.24, 2.45) is 5.73 Å². The van der Waals surface area contributed by atoms with Crippen molar-refractivity contribution in [1.29, 1.82) is 0 Å². The zero-order valence-corrected chi connectivity index (χ0v) is 11.0. The van der Waals surface area contributed by atoms with Gasteiger partial charge in [0, 0.05) is 6.54 Å². The van der Waals surface area contributed by atoms with Crippen molar-refractivity contribution >= 4 is 23.1 Å². The van der Waals surface area contributed by atoms with Crippen molar-refractivity contribution < 1.29 is 4.39 Å². The maximum Gasteiger partial charge on any atom is 0.155 e. The van der Waals surface area contributed by atoms with Crippen molar-refractivity contribution in [3.63, 3.8) is 0 Å². The fourth-order valence-electron chi connectivity index (χ4n) is 1.77. The van der Waals surface area contributed by atoms with E-state index in [4.69, 9.17) is 17.3 Å². The van der Waals surface area contributed by atoms with Gasteiger partial charge in [0.1, 0.15) is 17.2 Å². The Labute approximate surface area is 116 Å². The Morgan fingerprint density at radius 1 is 1.32 bits per heavy atom. The molecule has 0 aliphatic carbocycles. The minimum absolute atomic E-state index is 0.325. The quantitative estimate of drug-likeness (QED) is 0.915. The molecule has 4 nitrogen and oxygen atoms in total. The summed E-state index contributed by atoms with van der Waals surface area (Å²) in [6.45, 7) is 1.04. The minimum atomic E-state index is -0.325. The first kappa shape index (κ1) is 13.7. The molecule has 0 aliphatic rings. The smallest absolute Gasteiger partial charge is 0.155 e.